The van der Waals surface area contributed by atoms with Crippen LogP contribution in [-0.4, -0.2) is 32.7 Å². The quantitative estimate of drug-likeness (QED) is 0.723. The lowest BCUT2D eigenvalue weighted by atomic mass is 9.95. The topological polar surface area (TPSA) is 31.4 Å². The molecular formula is C13H19BFNO2. The number of aromatic nitrogens is 1. The molecule has 0 aliphatic carbocycles. The fraction of sp³-hybridized carbons (Fsp3) is 0.615. The van der Waals surface area contributed by atoms with Crippen LogP contribution < -0.4 is 10.3 Å². The molecule has 1 aromatic heterocycles. The number of methoxy groups -OCH3 is 1. The highest BCUT2D eigenvalue weighted by Gasteiger charge is 2.32. The van der Waals surface area contributed by atoms with Crippen LogP contribution >= 0.6 is 0 Å². The minimum absolute atomic E-state index is 0.00212. The maximum Gasteiger partial charge on any atom is 0.175 e. The fourth-order valence-electron chi connectivity index (χ4n) is 1.68. The molecule has 1 unspecified atom stereocenters. The minimum atomic E-state index is -1.64. The van der Waals surface area contributed by atoms with Gasteiger partial charge < -0.3 is 9.47 Å². The van der Waals surface area contributed by atoms with Gasteiger partial charge in [0, 0.05) is 13.2 Å². The third kappa shape index (κ3) is 3.70. The van der Waals surface area contributed by atoms with Crippen LogP contribution in [0.1, 0.15) is 32.9 Å². The van der Waals surface area contributed by atoms with Crippen LogP contribution in [-0.2, 0) is 10.4 Å². The molecule has 0 aromatic carbocycles. The first-order valence-corrected chi connectivity index (χ1v) is 6.04. The van der Waals surface area contributed by atoms with Crippen molar-refractivity contribution in [2.24, 2.45) is 0 Å². The van der Waals surface area contributed by atoms with Gasteiger partial charge in [-0.05, 0) is 31.9 Å². The molecule has 0 N–H and O–H groups in total. The molecule has 0 amide bonds. The molecule has 0 aliphatic heterocycles. The number of hydrogen-bond donors (Lipinski definition) is 0. The lowest BCUT2D eigenvalue weighted by Gasteiger charge is -2.23. The van der Waals surface area contributed by atoms with Crippen LogP contribution in [0.2, 0.25) is 0 Å². The van der Waals surface area contributed by atoms with E-state index in [1.807, 2.05) is 13.8 Å². The zero-order chi connectivity index (χ0) is 13.8. The van der Waals surface area contributed by atoms with Crippen molar-refractivity contribution in [1.29, 1.82) is 0 Å². The van der Waals surface area contributed by atoms with E-state index in [-0.39, 0.29) is 30.4 Å². The summed E-state index contributed by atoms with van der Waals surface area (Å²) in [5.41, 5.74) is -1.14. The highest BCUT2D eigenvalue weighted by atomic mass is 19.1. The second kappa shape index (κ2) is 6.18. The summed E-state index contributed by atoms with van der Waals surface area (Å²) in [4.78, 5) is 4.05. The van der Waals surface area contributed by atoms with Crippen molar-refractivity contribution in [3.63, 3.8) is 0 Å². The third-order valence-electron chi connectivity index (χ3n) is 2.58. The first kappa shape index (κ1) is 15.0. The molecule has 0 fully saturated rings. The summed E-state index contributed by atoms with van der Waals surface area (Å²) in [6.07, 6.45) is 0.260. The van der Waals surface area contributed by atoms with E-state index in [4.69, 9.17) is 17.3 Å². The average Bonchev–Trinajstić information content (AvgIpc) is 2.27. The van der Waals surface area contributed by atoms with Gasteiger partial charge in [0.1, 0.15) is 13.6 Å². The molecular weight excluding hydrogens is 232 g/mol. The lowest BCUT2D eigenvalue weighted by molar-refractivity contribution is 0.0318. The molecule has 3 nitrogen and oxygen atoms in total. The standard InChI is InChI=1S/C13H19BFNO2/c1-5-13(15,8-17-4)11-6-10(18-9(2)3)7-12(14)16-11/h6-7,9H,5,8H2,1-4H3. The third-order valence-corrected chi connectivity index (χ3v) is 2.58. The molecule has 1 rings (SSSR count). The molecule has 0 bridgehead atoms. The smallest absolute Gasteiger partial charge is 0.175 e. The van der Waals surface area contributed by atoms with Gasteiger partial charge in [-0.15, -0.1) is 0 Å². The van der Waals surface area contributed by atoms with Gasteiger partial charge in [0.25, 0.3) is 0 Å². The average molecular weight is 251 g/mol. The molecule has 0 saturated carbocycles. The van der Waals surface area contributed by atoms with Crippen LogP contribution in [0.25, 0.3) is 0 Å². The van der Waals surface area contributed by atoms with Crippen molar-refractivity contribution in [1.82, 2.24) is 4.98 Å². The Morgan fingerprint density at radius 1 is 1.44 bits per heavy atom. The summed E-state index contributed by atoms with van der Waals surface area (Å²) < 4.78 is 25.1. The van der Waals surface area contributed by atoms with E-state index in [2.05, 4.69) is 4.98 Å². The van der Waals surface area contributed by atoms with Gasteiger partial charge in [-0.1, -0.05) is 6.92 Å². The summed E-state index contributed by atoms with van der Waals surface area (Å²) >= 11 is 0. The van der Waals surface area contributed by atoms with Crippen LogP contribution in [0.5, 0.6) is 5.75 Å². The largest absolute Gasteiger partial charge is 0.491 e. The zero-order valence-electron chi connectivity index (χ0n) is 11.4. The number of pyridine rings is 1. The highest BCUT2D eigenvalue weighted by Crippen LogP contribution is 2.30. The number of nitrogens with zero attached hydrogens (tertiary/aromatic N) is 1. The van der Waals surface area contributed by atoms with Crippen LogP contribution in [0.15, 0.2) is 12.1 Å². The summed E-state index contributed by atoms with van der Waals surface area (Å²) in [6, 6.07) is 3.17. The predicted molar refractivity (Wildman–Crippen MR) is 70.3 cm³/mol. The van der Waals surface area contributed by atoms with Crippen molar-refractivity contribution in [3.8, 4) is 5.75 Å². The summed E-state index contributed by atoms with van der Waals surface area (Å²) in [7, 11) is 7.14. The van der Waals surface area contributed by atoms with Crippen molar-refractivity contribution in [2.75, 3.05) is 13.7 Å². The van der Waals surface area contributed by atoms with Crippen molar-refractivity contribution >= 4 is 13.4 Å². The Morgan fingerprint density at radius 2 is 2.11 bits per heavy atom. The second-order valence-electron chi connectivity index (χ2n) is 4.53. The van der Waals surface area contributed by atoms with E-state index < -0.39 is 5.67 Å². The normalized spacial score (nSPS) is 14.6. The Bertz CT molecular complexity index is 401. The predicted octanol–water partition coefficient (Wildman–Crippen LogP) is 1.88. The monoisotopic (exact) mass is 251 g/mol. The molecule has 1 aromatic rings. The van der Waals surface area contributed by atoms with Gasteiger partial charge in [-0.25, -0.2) is 4.39 Å². The Morgan fingerprint density at radius 3 is 2.61 bits per heavy atom. The number of rotatable bonds is 6. The van der Waals surface area contributed by atoms with Gasteiger partial charge in [0.15, 0.2) is 5.67 Å². The second-order valence-corrected chi connectivity index (χ2v) is 4.53. The van der Waals surface area contributed by atoms with E-state index in [1.165, 1.54) is 7.11 Å². The Kier molecular flexibility index (Phi) is 5.14. The number of halogens is 1. The fourth-order valence-corrected chi connectivity index (χ4v) is 1.68. The van der Waals surface area contributed by atoms with Crippen molar-refractivity contribution in [2.45, 2.75) is 39.0 Å². The van der Waals surface area contributed by atoms with Gasteiger partial charge in [-0.2, -0.15) is 0 Å². The Labute approximate surface area is 109 Å². The molecule has 5 heteroatoms. The maximum absolute atomic E-state index is 14.7. The molecule has 0 spiro atoms. The molecule has 18 heavy (non-hydrogen) atoms. The lowest BCUT2D eigenvalue weighted by Crippen LogP contribution is -2.29. The van der Waals surface area contributed by atoms with E-state index in [9.17, 15) is 4.39 Å². The highest BCUT2D eigenvalue weighted by molar-refractivity contribution is 6.30. The number of ether oxygens (including phenoxy) is 2. The first-order chi connectivity index (χ1) is 8.41. The summed E-state index contributed by atoms with van der Waals surface area (Å²) in [5.74, 6) is 0.527. The van der Waals surface area contributed by atoms with E-state index in [0.29, 0.717) is 5.75 Å². The van der Waals surface area contributed by atoms with Gasteiger partial charge in [-0.3, -0.25) is 4.98 Å². The number of hydrogen-bond acceptors (Lipinski definition) is 3. The minimum Gasteiger partial charge on any atom is -0.491 e. The zero-order valence-corrected chi connectivity index (χ0v) is 11.4. The molecule has 0 aliphatic rings. The van der Waals surface area contributed by atoms with E-state index >= 15 is 0 Å². The van der Waals surface area contributed by atoms with Crippen LogP contribution in [0, 0.1) is 0 Å². The summed E-state index contributed by atoms with van der Waals surface area (Å²) in [5, 5.41) is 0. The first-order valence-electron chi connectivity index (χ1n) is 6.04. The van der Waals surface area contributed by atoms with Crippen molar-refractivity contribution in [3.05, 3.63) is 17.8 Å². The van der Waals surface area contributed by atoms with E-state index in [1.54, 1.807) is 19.1 Å². The Balaban J connectivity index is 3.11. The van der Waals surface area contributed by atoms with Crippen LogP contribution in [0.3, 0.4) is 0 Å². The Hall–Kier alpha value is -1.10. The van der Waals surface area contributed by atoms with Gasteiger partial charge in [0.05, 0.1) is 18.4 Å². The molecule has 0 saturated heterocycles. The van der Waals surface area contributed by atoms with Crippen LogP contribution in [0.4, 0.5) is 4.39 Å². The van der Waals surface area contributed by atoms with Gasteiger partial charge >= 0.3 is 0 Å². The van der Waals surface area contributed by atoms with Gasteiger partial charge in [0.2, 0.25) is 0 Å². The SMILES string of the molecule is [B]c1cc(OC(C)C)cc(C(F)(CC)COC)n1. The van der Waals surface area contributed by atoms with Crippen molar-refractivity contribution < 1.29 is 13.9 Å². The maximum atomic E-state index is 14.7. The van der Waals surface area contributed by atoms with E-state index in [0.717, 1.165) is 0 Å². The molecule has 1 atom stereocenters. The molecule has 1 heterocycles. The molecule has 98 valence electrons. The number of alkyl halides is 1. The molecule has 2 radical (unpaired) electrons. The summed E-state index contributed by atoms with van der Waals surface area (Å²) in [6.45, 7) is 5.48.